The third kappa shape index (κ3) is 2.80. The van der Waals surface area contributed by atoms with E-state index in [9.17, 15) is 0 Å². The van der Waals surface area contributed by atoms with E-state index in [2.05, 4.69) is 20.9 Å². The fourth-order valence-electron chi connectivity index (χ4n) is 2.54. The largest absolute Gasteiger partial charge is 0.495 e. The molecule has 1 saturated heterocycles. The Hall–Kier alpha value is -2.21. The summed E-state index contributed by atoms with van der Waals surface area (Å²) >= 11 is 0. The maximum absolute atomic E-state index is 9.03. The van der Waals surface area contributed by atoms with Gasteiger partial charge < -0.3 is 24.1 Å². The molecule has 0 saturated carbocycles. The first-order valence-electron chi connectivity index (χ1n) is 7.00. The van der Waals surface area contributed by atoms with Crippen LogP contribution in [0.3, 0.4) is 0 Å². The number of piperazine rings is 1. The Kier molecular flexibility index (Phi) is 3.96. The van der Waals surface area contributed by atoms with Crippen molar-refractivity contribution in [3.63, 3.8) is 0 Å². The number of aromatic nitrogens is 1. The molecule has 0 aliphatic carbocycles. The summed E-state index contributed by atoms with van der Waals surface area (Å²) in [5, 5.41) is 9.03. The van der Waals surface area contributed by atoms with Gasteiger partial charge in [0, 0.05) is 26.2 Å². The molecular formula is C15H19N3O3. The first kappa shape index (κ1) is 13.8. The quantitative estimate of drug-likeness (QED) is 0.920. The average molecular weight is 289 g/mol. The highest BCUT2D eigenvalue weighted by atomic mass is 16.5. The fraction of sp³-hybridized carbons (Fsp3) is 0.400. The predicted octanol–water partition coefficient (Wildman–Crippen LogP) is 1.50. The maximum Gasteiger partial charge on any atom is 0.297 e. The number of anilines is 2. The highest BCUT2D eigenvalue weighted by Crippen LogP contribution is 2.29. The first-order valence-corrected chi connectivity index (χ1v) is 7.00. The van der Waals surface area contributed by atoms with Crippen molar-refractivity contribution in [3.8, 4) is 5.75 Å². The number of aliphatic hydroxyl groups is 1. The van der Waals surface area contributed by atoms with Gasteiger partial charge in [-0.1, -0.05) is 12.1 Å². The molecule has 0 unspecified atom stereocenters. The van der Waals surface area contributed by atoms with Crippen molar-refractivity contribution in [2.24, 2.45) is 0 Å². The molecule has 1 aromatic carbocycles. The molecule has 1 aliphatic rings. The molecule has 6 nitrogen and oxygen atoms in total. The number of aliphatic hydroxyl groups excluding tert-OH is 1. The van der Waals surface area contributed by atoms with Crippen LogP contribution in [0.5, 0.6) is 5.75 Å². The minimum atomic E-state index is -0.0926. The molecule has 1 aliphatic heterocycles. The van der Waals surface area contributed by atoms with Crippen molar-refractivity contribution >= 4 is 11.7 Å². The second-order valence-electron chi connectivity index (χ2n) is 4.93. The lowest BCUT2D eigenvalue weighted by Crippen LogP contribution is -2.46. The SMILES string of the molecule is COc1ccccc1N1CCN(c2nc(CO)co2)CC1. The zero-order chi connectivity index (χ0) is 14.7. The van der Waals surface area contributed by atoms with Crippen LogP contribution in [0.1, 0.15) is 5.69 Å². The number of benzene rings is 1. The Morgan fingerprint density at radius 3 is 2.57 bits per heavy atom. The summed E-state index contributed by atoms with van der Waals surface area (Å²) in [4.78, 5) is 8.64. The van der Waals surface area contributed by atoms with Gasteiger partial charge in [0.05, 0.1) is 19.4 Å². The molecule has 0 bridgehead atoms. The normalized spacial score (nSPS) is 15.3. The molecule has 2 aromatic rings. The van der Waals surface area contributed by atoms with Crippen LogP contribution in [-0.4, -0.2) is 43.4 Å². The molecule has 1 fully saturated rings. The standard InChI is InChI=1S/C15H19N3O3/c1-20-14-5-3-2-4-13(14)17-6-8-18(9-7-17)15-16-12(10-19)11-21-15/h2-5,11,19H,6-10H2,1H3. The lowest BCUT2D eigenvalue weighted by Gasteiger charge is -2.35. The van der Waals surface area contributed by atoms with Crippen molar-refractivity contribution in [2.75, 3.05) is 43.1 Å². The summed E-state index contributed by atoms with van der Waals surface area (Å²) in [5.74, 6) is 0.893. The summed E-state index contributed by atoms with van der Waals surface area (Å²) in [6, 6.07) is 8.62. The highest BCUT2D eigenvalue weighted by Gasteiger charge is 2.22. The average Bonchev–Trinajstić information content (AvgIpc) is 3.04. The first-order chi connectivity index (χ1) is 10.3. The Bertz CT molecular complexity index is 591. The number of oxazole rings is 1. The molecule has 112 valence electrons. The minimum absolute atomic E-state index is 0.0926. The molecular weight excluding hydrogens is 270 g/mol. The molecule has 6 heteroatoms. The summed E-state index contributed by atoms with van der Waals surface area (Å²) < 4.78 is 10.8. The van der Waals surface area contributed by atoms with Crippen LogP contribution in [0.4, 0.5) is 11.7 Å². The number of methoxy groups -OCH3 is 1. The monoisotopic (exact) mass is 289 g/mol. The summed E-state index contributed by atoms with van der Waals surface area (Å²) in [6.45, 7) is 3.30. The summed E-state index contributed by atoms with van der Waals surface area (Å²) in [6.07, 6.45) is 1.50. The second-order valence-corrected chi connectivity index (χ2v) is 4.93. The fourth-order valence-corrected chi connectivity index (χ4v) is 2.54. The molecule has 3 rings (SSSR count). The van der Waals surface area contributed by atoms with E-state index in [-0.39, 0.29) is 6.61 Å². The third-order valence-corrected chi connectivity index (χ3v) is 3.68. The van der Waals surface area contributed by atoms with Crippen LogP contribution >= 0.6 is 0 Å². The molecule has 0 spiro atoms. The molecule has 21 heavy (non-hydrogen) atoms. The van der Waals surface area contributed by atoms with Crippen LogP contribution in [-0.2, 0) is 6.61 Å². The third-order valence-electron chi connectivity index (χ3n) is 3.68. The van der Waals surface area contributed by atoms with E-state index in [1.54, 1.807) is 7.11 Å². The Morgan fingerprint density at radius 2 is 1.90 bits per heavy atom. The van der Waals surface area contributed by atoms with Gasteiger partial charge in [0.15, 0.2) is 0 Å². The molecule has 2 heterocycles. The smallest absolute Gasteiger partial charge is 0.297 e. The van der Waals surface area contributed by atoms with Crippen molar-refractivity contribution in [1.29, 1.82) is 0 Å². The van der Waals surface area contributed by atoms with Gasteiger partial charge in [-0.25, -0.2) is 0 Å². The Labute approximate surface area is 123 Å². The van der Waals surface area contributed by atoms with E-state index >= 15 is 0 Å². The zero-order valence-electron chi connectivity index (χ0n) is 12.0. The molecule has 1 aromatic heterocycles. The lowest BCUT2D eigenvalue weighted by atomic mass is 10.2. The highest BCUT2D eigenvalue weighted by molar-refractivity contribution is 5.59. The van der Waals surface area contributed by atoms with Gasteiger partial charge in [-0.05, 0) is 12.1 Å². The van der Waals surface area contributed by atoms with Gasteiger partial charge in [0.2, 0.25) is 0 Å². The van der Waals surface area contributed by atoms with Gasteiger partial charge in [-0.3, -0.25) is 0 Å². The van der Waals surface area contributed by atoms with E-state index in [0.29, 0.717) is 11.7 Å². The van der Waals surface area contributed by atoms with E-state index in [4.69, 9.17) is 14.3 Å². The Balaban J connectivity index is 1.67. The summed E-state index contributed by atoms with van der Waals surface area (Å²) in [7, 11) is 1.69. The number of ether oxygens (including phenoxy) is 1. The van der Waals surface area contributed by atoms with Gasteiger partial charge >= 0.3 is 0 Å². The maximum atomic E-state index is 9.03. The van der Waals surface area contributed by atoms with Crippen LogP contribution in [0.2, 0.25) is 0 Å². The topological polar surface area (TPSA) is 62.0 Å². The van der Waals surface area contributed by atoms with Crippen LogP contribution < -0.4 is 14.5 Å². The van der Waals surface area contributed by atoms with E-state index in [0.717, 1.165) is 37.6 Å². The molecule has 0 radical (unpaired) electrons. The lowest BCUT2D eigenvalue weighted by molar-refractivity contribution is 0.276. The number of para-hydroxylation sites is 2. The molecule has 0 atom stereocenters. The van der Waals surface area contributed by atoms with Crippen molar-refractivity contribution in [2.45, 2.75) is 6.61 Å². The van der Waals surface area contributed by atoms with Crippen molar-refractivity contribution in [1.82, 2.24) is 4.98 Å². The van der Waals surface area contributed by atoms with Gasteiger partial charge in [-0.2, -0.15) is 4.98 Å². The molecule has 0 amide bonds. The number of rotatable bonds is 4. The van der Waals surface area contributed by atoms with Gasteiger partial charge in [0.1, 0.15) is 17.7 Å². The van der Waals surface area contributed by atoms with E-state index in [1.165, 1.54) is 6.26 Å². The van der Waals surface area contributed by atoms with E-state index < -0.39 is 0 Å². The number of nitrogens with zero attached hydrogens (tertiary/aromatic N) is 3. The second kappa shape index (κ2) is 6.05. The van der Waals surface area contributed by atoms with Crippen LogP contribution in [0.15, 0.2) is 34.9 Å². The predicted molar refractivity (Wildman–Crippen MR) is 79.8 cm³/mol. The summed E-state index contributed by atoms with van der Waals surface area (Å²) in [5.41, 5.74) is 1.68. The van der Waals surface area contributed by atoms with Crippen LogP contribution in [0.25, 0.3) is 0 Å². The number of hydrogen-bond acceptors (Lipinski definition) is 6. The zero-order valence-corrected chi connectivity index (χ0v) is 12.0. The number of hydrogen-bond donors (Lipinski definition) is 1. The van der Waals surface area contributed by atoms with Gasteiger partial charge in [-0.15, -0.1) is 0 Å². The van der Waals surface area contributed by atoms with Crippen molar-refractivity contribution < 1.29 is 14.3 Å². The minimum Gasteiger partial charge on any atom is -0.495 e. The molecule has 1 N–H and O–H groups in total. The van der Waals surface area contributed by atoms with Gasteiger partial charge in [0.25, 0.3) is 6.01 Å². The van der Waals surface area contributed by atoms with E-state index in [1.807, 2.05) is 18.2 Å². The van der Waals surface area contributed by atoms with Crippen LogP contribution in [0, 0.1) is 0 Å². The Morgan fingerprint density at radius 1 is 1.19 bits per heavy atom. The van der Waals surface area contributed by atoms with Crippen molar-refractivity contribution in [3.05, 3.63) is 36.2 Å².